The smallest absolute Gasteiger partial charge is 0.330 e. The lowest BCUT2D eigenvalue weighted by Gasteiger charge is -2.14. The molecule has 1 aromatic carbocycles. The van der Waals surface area contributed by atoms with Crippen LogP contribution in [0.3, 0.4) is 0 Å². The number of aromatic nitrogens is 2. The Labute approximate surface area is 119 Å². The zero-order valence-corrected chi connectivity index (χ0v) is 11.6. The molecule has 0 saturated heterocycles. The van der Waals surface area contributed by atoms with Crippen molar-refractivity contribution in [3.05, 3.63) is 41.7 Å². The fourth-order valence-electron chi connectivity index (χ4n) is 1.81. The number of halogens is 3. The van der Waals surface area contributed by atoms with Crippen LogP contribution >= 0.6 is 11.8 Å². The number of hydrogen-bond donors (Lipinski definition) is 1. The molecule has 0 unspecified atom stereocenters. The molecule has 0 atom stereocenters. The van der Waals surface area contributed by atoms with Crippen molar-refractivity contribution in [2.45, 2.75) is 22.6 Å². The number of hydrogen-bond acceptors (Lipinski definition) is 3. The molecule has 0 amide bonds. The van der Waals surface area contributed by atoms with Gasteiger partial charge in [-0.2, -0.15) is 13.2 Å². The monoisotopic (exact) mass is 301 g/mol. The van der Waals surface area contributed by atoms with Crippen LogP contribution in [0, 0.1) is 0 Å². The van der Waals surface area contributed by atoms with Crippen LogP contribution in [0.4, 0.5) is 13.2 Å². The van der Waals surface area contributed by atoms with E-state index in [0.717, 1.165) is 6.07 Å². The van der Waals surface area contributed by atoms with E-state index in [2.05, 4.69) is 4.98 Å². The van der Waals surface area contributed by atoms with Gasteiger partial charge in [-0.1, -0.05) is 17.8 Å². The summed E-state index contributed by atoms with van der Waals surface area (Å²) in [5.74, 6) is 0. The standard InChI is InChI=1S/C13H14F3N3S/c1-19-7-6-18-12(19)20-10-3-2-9(4-5-17)11(8-10)13(14,15)16/h2-3,6-8H,4-5,17H2,1H3. The minimum atomic E-state index is -4.37. The Morgan fingerprint density at radius 2 is 2.10 bits per heavy atom. The Balaban J connectivity index is 2.34. The lowest BCUT2D eigenvalue weighted by molar-refractivity contribution is -0.138. The maximum atomic E-state index is 13.0. The van der Waals surface area contributed by atoms with Crippen LogP contribution in [0.5, 0.6) is 0 Å². The molecular weight excluding hydrogens is 287 g/mol. The Morgan fingerprint density at radius 1 is 1.35 bits per heavy atom. The van der Waals surface area contributed by atoms with E-state index in [-0.39, 0.29) is 18.5 Å². The second-order valence-electron chi connectivity index (χ2n) is 4.28. The topological polar surface area (TPSA) is 43.8 Å². The van der Waals surface area contributed by atoms with Crippen LogP contribution in [-0.4, -0.2) is 16.1 Å². The van der Waals surface area contributed by atoms with E-state index in [4.69, 9.17) is 5.73 Å². The number of nitrogens with zero attached hydrogens (tertiary/aromatic N) is 2. The summed E-state index contributed by atoms with van der Waals surface area (Å²) in [6.45, 7) is 0.189. The van der Waals surface area contributed by atoms with E-state index in [1.165, 1.54) is 17.8 Å². The zero-order chi connectivity index (χ0) is 14.8. The van der Waals surface area contributed by atoms with E-state index in [1.54, 1.807) is 30.1 Å². The number of alkyl halides is 3. The summed E-state index contributed by atoms with van der Waals surface area (Å²) < 4.78 is 40.9. The quantitative estimate of drug-likeness (QED) is 0.943. The summed E-state index contributed by atoms with van der Waals surface area (Å²) in [5.41, 5.74) is 4.96. The van der Waals surface area contributed by atoms with Crippen molar-refractivity contribution < 1.29 is 13.2 Å². The van der Waals surface area contributed by atoms with Crippen molar-refractivity contribution in [3.8, 4) is 0 Å². The molecule has 2 N–H and O–H groups in total. The highest BCUT2D eigenvalue weighted by atomic mass is 32.2. The molecule has 108 valence electrons. The normalized spacial score (nSPS) is 11.8. The maximum Gasteiger partial charge on any atom is 0.416 e. The van der Waals surface area contributed by atoms with Gasteiger partial charge in [0, 0.05) is 24.3 Å². The summed E-state index contributed by atoms with van der Waals surface area (Å²) in [7, 11) is 1.79. The van der Waals surface area contributed by atoms with Crippen molar-refractivity contribution in [2.24, 2.45) is 12.8 Å². The Kier molecular flexibility index (Phi) is 4.39. The van der Waals surface area contributed by atoms with Crippen molar-refractivity contribution in [1.29, 1.82) is 0 Å². The fraction of sp³-hybridized carbons (Fsp3) is 0.308. The van der Waals surface area contributed by atoms with Gasteiger partial charge < -0.3 is 10.3 Å². The minimum absolute atomic E-state index is 0.189. The fourth-order valence-corrected chi connectivity index (χ4v) is 2.65. The van der Waals surface area contributed by atoms with Crippen molar-refractivity contribution >= 4 is 11.8 Å². The third kappa shape index (κ3) is 3.34. The van der Waals surface area contributed by atoms with Crippen molar-refractivity contribution in [2.75, 3.05) is 6.54 Å². The average molecular weight is 301 g/mol. The van der Waals surface area contributed by atoms with E-state index < -0.39 is 11.7 Å². The van der Waals surface area contributed by atoms with Gasteiger partial charge in [-0.15, -0.1) is 0 Å². The highest BCUT2D eigenvalue weighted by Gasteiger charge is 2.33. The summed E-state index contributed by atoms with van der Waals surface area (Å²) in [6, 6.07) is 4.31. The molecule has 2 aromatic rings. The molecule has 0 aliphatic carbocycles. The van der Waals surface area contributed by atoms with Crippen LogP contribution in [0.25, 0.3) is 0 Å². The number of benzene rings is 1. The second-order valence-corrected chi connectivity index (χ2v) is 5.32. The molecule has 20 heavy (non-hydrogen) atoms. The number of imidazole rings is 1. The second kappa shape index (κ2) is 5.88. The SMILES string of the molecule is Cn1ccnc1Sc1ccc(CCN)c(C(F)(F)F)c1. The molecule has 0 spiro atoms. The van der Waals surface area contributed by atoms with Gasteiger partial charge in [0.05, 0.1) is 5.56 Å². The molecule has 0 saturated carbocycles. The Hall–Kier alpha value is -1.47. The minimum Gasteiger partial charge on any atom is -0.330 e. The molecule has 3 nitrogen and oxygen atoms in total. The summed E-state index contributed by atoms with van der Waals surface area (Å²) in [6.07, 6.45) is -0.809. The first kappa shape index (κ1) is 14.9. The van der Waals surface area contributed by atoms with Gasteiger partial charge >= 0.3 is 6.18 Å². The summed E-state index contributed by atoms with van der Waals surface area (Å²) in [5, 5.41) is 0.643. The Bertz CT molecular complexity index is 593. The lowest BCUT2D eigenvalue weighted by atomic mass is 10.0. The van der Waals surface area contributed by atoms with Gasteiger partial charge in [0.2, 0.25) is 0 Å². The predicted molar refractivity (Wildman–Crippen MR) is 71.5 cm³/mol. The maximum absolute atomic E-state index is 13.0. The van der Waals surface area contributed by atoms with Gasteiger partial charge in [-0.25, -0.2) is 4.98 Å². The number of aryl methyl sites for hydroxylation is 1. The number of rotatable bonds is 4. The molecule has 1 heterocycles. The zero-order valence-electron chi connectivity index (χ0n) is 10.8. The first-order valence-electron chi connectivity index (χ1n) is 5.97. The number of nitrogens with two attached hydrogens (primary N) is 1. The molecule has 2 rings (SSSR count). The first-order chi connectivity index (χ1) is 9.41. The van der Waals surface area contributed by atoms with Crippen molar-refractivity contribution in [3.63, 3.8) is 0 Å². The van der Waals surface area contributed by atoms with Crippen LogP contribution in [0.2, 0.25) is 0 Å². The highest BCUT2D eigenvalue weighted by Crippen LogP contribution is 2.36. The Morgan fingerprint density at radius 3 is 2.65 bits per heavy atom. The van der Waals surface area contributed by atoms with Gasteiger partial charge in [-0.3, -0.25) is 0 Å². The highest BCUT2D eigenvalue weighted by molar-refractivity contribution is 7.99. The molecule has 0 aliphatic heterocycles. The summed E-state index contributed by atoms with van der Waals surface area (Å²) in [4.78, 5) is 4.59. The third-order valence-corrected chi connectivity index (χ3v) is 3.85. The lowest BCUT2D eigenvalue weighted by Crippen LogP contribution is -2.12. The van der Waals surface area contributed by atoms with Gasteiger partial charge in [0.15, 0.2) is 5.16 Å². The van der Waals surface area contributed by atoms with Gasteiger partial charge in [0.25, 0.3) is 0 Å². The molecular formula is C13H14F3N3S. The largest absolute Gasteiger partial charge is 0.416 e. The van der Waals surface area contributed by atoms with Gasteiger partial charge in [0.1, 0.15) is 0 Å². The van der Waals surface area contributed by atoms with Gasteiger partial charge in [-0.05, 0) is 30.7 Å². The molecule has 0 bridgehead atoms. The molecule has 0 aliphatic rings. The first-order valence-corrected chi connectivity index (χ1v) is 6.79. The van der Waals surface area contributed by atoms with E-state index in [1.807, 2.05) is 0 Å². The molecule has 7 heteroatoms. The third-order valence-electron chi connectivity index (χ3n) is 2.79. The van der Waals surface area contributed by atoms with E-state index in [9.17, 15) is 13.2 Å². The van der Waals surface area contributed by atoms with Crippen LogP contribution < -0.4 is 5.73 Å². The van der Waals surface area contributed by atoms with Crippen molar-refractivity contribution in [1.82, 2.24) is 9.55 Å². The van der Waals surface area contributed by atoms with Crippen LogP contribution in [0.15, 0.2) is 40.6 Å². The molecule has 0 radical (unpaired) electrons. The molecule has 0 fully saturated rings. The molecule has 1 aromatic heterocycles. The predicted octanol–water partition coefficient (Wildman–Crippen LogP) is 3.09. The van der Waals surface area contributed by atoms with Crippen LogP contribution in [0.1, 0.15) is 11.1 Å². The average Bonchev–Trinajstić information content (AvgIpc) is 2.76. The summed E-state index contributed by atoms with van der Waals surface area (Å²) >= 11 is 1.20. The van der Waals surface area contributed by atoms with E-state index >= 15 is 0 Å². The van der Waals surface area contributed by atoms with Crippen LogP contribution in [-0.2, 0) is 19.6 Å². The van der Waals surface area contributed by atoms with E-state index in [0.29, 0.717) is 10.1 Å².